The Balaban J connectivity index is 1.48. The van der Waals surface area contributed by atoms with Crippen LogP contribution in [0.15, 0.2) is 66.7 Å². The van der Waals surface area contributed by atoms with Crippen molar-refractivity contribution in [2.24, 2.45) is 0 Å². The second-order valence-corrected chi connectivity index (χ2v) is 7.44. The number of halogens is 3. The van der Waals surface area contributed by atoms with Crippen LogP contribution in [0.2, 0.25) is 0 Å². The number of para-hydroxylation sites is 1. The van der Waals surface area contributed by atoms with E-state index in [0.29, 0.717) is 35.4 Å². The fourth-order valence-corrected chi connectivity index (χ4v) is 3.52. The lowest BCUT2D eigenvalue weighted by atomic mass is 10.0. The van der Waals surface area contributed by atoms with Gasteiger partial charge < -0.3 is 5.32 Å². The minimum absolute atomic E-state index is 0.256. The molecule has 0 spiro atoms. The third-order valence-corrected chi connectivity index (χ3v) is 5.13. The van der Waals surface area contributed by atoms with Gasteiger partial charge in [-0.1, -0.05) is 48.5 Å². The number of nitrogens with zero attached hydrogens (tertiary/aromatic N) is 3. The third kappa shape index (κ3) is 4.64. The molecule has 8 heteroatoms. The van der Waals surface area contributed by atoms with E-state index in [1.54, 1.807) is 13.0 Å². The average molecular weight is 438 g/mol. The van der Waals surface area contributed by atoms with Gasteiger partial charge in [0.1, 0.15) is 0 Å². The molecule has 1 N–H and O–H groups in total. The van der Waals surface area contributed by atoms with E-state index in [9.17, 15) is 18.0 Å². The fourth-order valence-electron chi connectivity index (χ4n) is 3.52. The van der Waals surface area contributed by atoms with E-state index in [0.717, 1.165) is 17.0 Å². The third-order valence-electron chi connectivity index (χ3n) is 5.13. The van der Waals surface area contributed by atoms with Crippen LogP contribution < -0.4 is 5.32 Å². The number of aryl methyl sites for hydroxylation is 2. The van der Waals surface area contributed by atoms with Crippen LogP contribution in [0.25, 0.3) is 22.2 Å². The number of aromatic nitrogens is 3. The minimum atomic E-state index is -4.47. The molecule has 0 atom stereocenters. The standard InChI is InChI=1S/C24H21F3N4O/c1-16-14-22(24(25,26)27)30-31(16)13-7-12-28-23(32)19-15-21(17-8-3-2-4-9-17)29-20-11-6-5-10-18(19)20/h2-6,8-11,14-15H,7,12-13H2,1H3,(H,28,32). The molecular formula is C24H21F3N4O. The molecule has 2 aromatic heterocycles. The van der Waals surface area contributed by atoms with E-state index in [2.05, 4.69) is 15.4 Å². The summed E-state index contributed by atoms with van der Waals surface area (Å²) in [4.78, 5) is 17.6. The lowest BCUT2D eigenvalue weighted by molar-refractivity contribution is -0.141. The Kier molecular flexibility index (Phi) is 5.94. The molecule has 0 bridgehead atoms. The number of carbonyl (C=O) groups excluding carboxylic acids is 1. The van der Waals surface area contributed by atoms with Gasteiger partial charge in [0.25, 0.3) is 5.91 Å². The van der Waals surface area contributed by atoms with E-state index >= 15 is 0 Å². The number of benzene rings is 2. The summed E-state index contributed by atoms with van der Waals surface area (Å²) < 4.78 is 39.7. The molecule has 2 heterocycles. The minimum Gasteiger partial charge on any atom is -0.352 e. The van der Waals surface area contributed by atoms with E-state index < -0.39 is 11.9 Å². The first-order valence-corrected chi connectivity index (χ1v) is 10.2. The van der Waals surface area contributed by atoms with Gasteiger partial charge in [-0.15, -0.1) is 0 Å². The molecule has 164 valence electrons. The van der Waals surface area contributed by atoms with Crippen molar-refractivity contribution in [1.82, 2.24) is 20.1 Å². The van der Waals surface area contributed by atoms with Gasteiger partial charge in [0, 0.05) is 29.7 Å². The van der Waals surface area contributed by atoms with Gasteiger partial charge in [-0.05, 0) is 31.5 Å². The molecule has 0 saturated carbocycles. The first-order valence-electron chi connectivity index (χ1n) is 10.2. The molecule has 0 aliphatic carbocycles. The normalized spacial score (nSPS) is 11.6. The molecule has 5 nitrogen and oxygen atoms in total. The molecule has 0 fully saturated rings. The van der Waals surface area contributed by atoms with Crippen molar-refractivity contribution in [3.63, 3.8) is 0 Å². The number of nitrogens with one attached hydrogen (secondary N) is 1. The molecule has 1 amide bonds. The van der Waals surface area contributed by atoms with Crippen molar-refractivity contribution < 1.29 is 18.0 Å². The van der Waals surface area contributed by atoms with Crippen LogP contribution in [-0.2, 0) is 12.7 Å². The Morgan fingerprint density at radius 1 is 1.03 bits per heavy atom. The number of alkyl halides is 3. The van der Waals surface area contributed by atoms with E-state index in [-0.39, 0.29) is 12.5 Å². The van der Waals surface area contributed by atoms with Gasteiger partial charge in [-0.2, -0.15) is 18.3 Å². The smallest absolute Gasteiger partial charge is 0.352 e. The van der Waals surface area contributed by atoms with Gasteiger partial charge >= 0.3 is 6.18 Å². The molecule has 0 aliphatic heterocycles. The number of hydrogen-bond acceptors (Lipinski definition) is 3. The summed E-state index contributed by atoms with van der Waals surface area (Å²) in [6.45, 7) is 2.15. The predicted molar refractivity (Wildman–Crippen MR) is 116 cm³/mol. The number of amides is 1. The number of pyridine rings is 1. The summed E-state index contributed by atoms with van der Waals surface area (Å²) in [5, 5.41) is 7.22. The zero-order valence-electron chi connectivity index (χ0n) is 17.4. The maximum absolute atomic E-state index is 12.9. The first-order chi connectivity index (χ1) is 15.3. The summed E-state index contributed by atoms with van der Waals surface area (Å²) in [5.74, 6) is -0.256. The first kappa shape index (κ1) is 21.5. The number of fused-ring (bicyclic) bond motifs is 1. The van der Waals surface area contributed by atoms with Crippen LogP contribution in [0, 0.1) is 6.92 Å². The highest BCUT2D eigenvalue weighted by Crippen LogP contribution is 2.28. The van der Waals surface area contributed by atoms with Gasteiger partial charge in [-0.25, -0.2) is 4.98 Å². The summed E-state index contributed by atoms with van der Waals surface area (Å²) in [6, 6.07) is 19.8. The highest BCUT2D eigenvalue weighted by atomic mass is 19.4. The maximum Gasteiger partial charge on any atom is 0.435 e. The summed E-state index contributed by atoms with van der Waals surface area (Å²) >= 11 is 0. The van der Waals surface area contributed by atoms with Crippen LogP contribution >= 0.6 is 0 Å². The Morgan fingerprint density at radius 2 is 1.75 bits per heavy atom. The Hall–Kier alpha value is -3.68. The molecule has 0 aliphatic rings. The monoisotopic (exact) mass is 438 g/mol. The van der Waals surface area contributed by atoms with Crippen molar-refractivity contribution in [3.8, 4) is 11.3 Å². The van der Waals surface area contributed by atoms with Crippen LogP contribution in [0.4, 0.5) is 13.2 Å². The molecule has 2 aromatic carbocycles. The average Bonchev–Trinajstić information content (AvgIpc) is 3.17. The SMILES string of the molecule is Cc1cc(C(F)(F)F)nn1CCCNC(=O)c1cc(-c2ccccc2)nc2ccccc12. The van der Waals surface area contributed by atoms with Crippen molar-refractivity contribution in [1.29, 1.82) is 0 Å². The summed E-state index contributed by atoms with van der Waals surface area (Å²) in [7, 11) is 0. The zero-order valence-corrected chi connectivity index (χ0v) is 17.4. The largest absolute Gasteiger partial charge is 0.435 e. The Morgan fingerprint density at radius 3 is 2.47 bits per heavy atom. The van der Waals surface area contributed by atoms with Gasteiger partial charge in [-0.3, -0.25) is 9.48 Å². The molecular weight excluding hydrogens is 417 g/mol. The van der Waals surface area contributed by atoms with Crippen LogP contribution in [0.5, 0.6) is 0 Å². The fraction of sp³-hybridized carbons (Fsp3) is 0.208. The van der Waals surface area contributed by atoms with Crippen molar-refractivity contribution in [2.75, 3.05) is 6.54 Å². The molecule has 32 heavy (non-hydrogen) atoms. The number of hydrogen-bond donors (Lipinski definition) is 1. The number of rotatable bonds is 6. The van der Waals surface area contributed by atoms with Crippen LogP contribution in [0.1, 0.15) is 28.2 Å². The molecule has 0 unspecified atom stereocenters. The topological polar surface area (TPSA) is 59.8 Å². The lowest BCUT2D eigenvalue weighted by Crippen LogP contribution is -2.26. The van der Waals surface area contributed by atoms with E-state index in [4.69, 9.17) is 0 Å². The summed E-state index contributed by atoms with van der Waals surface area (Å²) in [5.41, 5.74) is 2.34. The van der Waals surface area contributed by atoms with Gasteiger partial charge in [0.15, 0.2) is 5.69 Å². The quantitative estimate of drug-likeness (QED) is 0.419. The van der Waals surface area contributed by atoms with Crippen molar-refractivity contribution in [3.05, 3.63) is 83.7 Å². The maximum atomic E-state index is 12.9. The summed E-state index contributed by atoms with van der Waals surface area (Å²) in [6.07, 6.45) is -4.02. The van der Waals surface area contributed by atoms with Gasteiger partial charge in [0.05, 0.1) is 16.8 Å². The highest BCUT2D eigenvalue weighted by Gasteiger charge is 2.34. The molecule has 0 radical (unpaired) electrons. The van der Waals surface area contributed by atoms with Crippen molar-refractivity contribution >= 4 is 16.8 Å². The highest BCUT2D eigenvalue weighted by molar-refractivity contribution is 6.07. The van der Waals surface area contributed by atoms with Crippen LogP contribution in [-0.4, -0.2) is 27.2 Å². The molecule has 0 saturated heterocycles. The lowest BCUT2D eigenvalue weighted by Gasteiger charge is -2.11. The Labute approximate surface area is 182 Å². The second kappa shape index (κ2) is 8.82. The van der Waals surface area contributed by atoms with Gasteiger partial charge in [0.2, 0.25) is 0 Å². The van der Waals surface area contributed by atoms with Crippen molar-refractivity contribution in [2.45, 2.75) is 26.1 Å². The van der Waals surface area contributed by atoms with E-state index in [1.165, 1.54) is 4.68 Å². The van der Waals surface area contributed by atoms with E-state index in [1.807, 2.05) is 54.6 Å². The molecule has 4 aromatic rings. The number of carbonyl (C=O) groups is 1. The van der Waals surface area contributed by atoms with Crippen LogP contribution in [0.3, 0.4) is 0 Å². The predicted octanol–water partition coefficient (Wildman–Crippen LogP) is 5.25. The Bertz CT molecular complexity index is 1250. The molecule has 4 rings (SSSR count). The zero-order chi connectivity index (χ0) is 22.7. The second-order valence-electron chi connectivity index (χ2n) is 7.44.